The second-order valence-corrected chi connectivity index (χ2v) is 7.78. The molecule has 146 valence electrons. The average molecular weight is 382 g/mol. The van der Waals surface area contributed by atoms with Crippen LogP contribution in [0.4, 0.5) is 10.1 Å². The first kappa shape index (κ1) is 18.5. The predicted molar refractivity (Wildman–Crippen MR) is 102 cm³/mol. The third-order valence-corrected chi connectivity index (χ3v) is 5.82. The van der Waals surface area contributed by atoms with Crippen LogP contribution in [0.5, 0.6) is 0 Å². The number of hydrogen-bond donors (Lipinski definition) is 1. The van der Waals surface area contributed by atoms with Gasteiger partial charge >= 0.3 is 0 Å². The Hall–Kier alpha value is -2.83. The van der Waals surface area contributed by atoms with Gasteiger partial charge in [0.25, 0.3) is 5.91 Å². The highest BCUT2D eigenvalue weighted by Crippen LogP contribution is 2.46. The van der Waals surface area contributed by atoms with Crippen LogP contribution >= 0.6 is 0 Å². The molecule has 0 radical (unpaired) electrons. The van der Waals surface area contributed by atoms with Gasteiger partial charge in [0.1, 0.15) is 11.5 Å². The smallest absolute Gasteiger partial charge is 0.270 e. The van der Waals surface area contributed by atoms with Crippen LogP contribution in [0.3, 0.4) is 0 Å². The van der Waals surface area contributed by atoms with Crippen LogP contribution in [0.25, 0.3) is 0 Å². The summed E-state index contributed by atoms with van der Waals surface area (Å²) in [6.45, 7) is 2.39. The van der Waals surface area contributed by atoms with E-state index in [-0.39, 0.29) is 17.9 Å². The number of anilines is 1. The minimum absolute atomic E-state index is 0.00697. The summed E-state index contributed by atoms with van der Waals surface area (Å²) in [6, 6.07) is 6.62. The van der Waals surface area contributed by atoms with E-state index in [1.807, 2.05) is 19.1 Å². The summed E-state index contributed by atoms with van der Waals surface area (Å²) in [5.41, 5.74) is 1.18. The first-order chi connectivity index (χ1) is 13.5. The molecule has 1 spiro atoms. The average Bonchev–Trinajstić information content (AvgIpc) is 2.97. The molecule has 2 fully saturated rings. The van der Waals surface area contributed by atoms with E-state index in [1.165, 1.54) is 12.3 Å². The molecule has 2 atom stereocenters. The largest absolute Gasteiger partial charge is 0.348 e. The van der Waals surface area contributed by atoms with Crippen molar-refractivity contribution in [2.75, 3.05) is 11.4 Å². The summed E-state index contributed by atoms with van der Waals surface area (Å²) in [6.07, 6.45) is 6.46. The number of aryl methyl sites for hydroxylation is 1. The third kappa shape index (κ3) is 3.48. The van der Waals surface area contributed by atoms with Gasteiger partial charge in [0.2, 0.25) is 5.91 Å². The molecule has 0 unspecified atom stereocenters. The van der Waals surface area contributed by atoms with Crippen molar-refractivity contribution in [3.05, 3.63) is 53.9 Å². The Morgan fingerprint density at radius 2 is 2.18 bits per heavy atom. The fraction of sp³-hybridized carbons (Fsp3) is 0.429. The molecule has 4 rings (SSSR count). The summed E-state index contributed by atoms with van der Waals surface area (Å²) in [4.78, 5) is 35.5. The maximum absolute atomic E-state index is 13.5. The van der Waals surface area contributed by atoms with Crippen molar-refractivity contribution in [1.29, 1.82) is 0 Å². The molecule has 1 aliphatic carbocycles. The topological polar surface area (TPSA) is 75.2 Å². The molecule has 28 heavy (non-hydrogen) atoms. The standard InChI is InChI=1S/C21H23FN4O2/c1-14-4-2-6-18(24-14)19(27)25-16-5-3-7-21(11-16)8-9-26(20(21)28)17-10-15(22)12-23-13-17/h2,4,6,10,12-13,16H,3,5,7-9,11H2,1H3,(H,25,27)/t16-,21-/m0/s1. The first-order valence-corrected chi connectivity index (χ1v) is 9.64. The number of carbonyl (C=O) groups excluding carboxylic acids is 2. The van der Waals surface area contributed by atoms with Crippen molar-refractivity contribution < 1.29 is 14.0 Å². The van der Waals surface area contributed by atoms with Crippen LogP contribution in [0.1, 0.15) is 48.3 Å². The Morgan fingerprint density at radius 3 is 2.96 bits per heavy atom. The van der Waals surface area contributed by atoms with Crippen molar-refractivity contribution in [1.82, 2.24) is 15.3 Å². The molecule has 2 aromatic heterocycles. The number of amides is 2. The maximum atomic E-state index is 13.5. The van der Waals surface area contributed by atoms with Gasteiger partial charge in [-0.1, -0.05) is 12.5 Å². The number of nitrogens with zero attached hydrogens (tertiary/aromatic N) is 3. The third-order valence-electron chi connectivity index (χ3n) is 5.82. The maximum Gasteiger partial charge on any atom is 0.270 e. The fourth-order valence-corrected chi connectivity index (χ4v) is 4.45. The highest BCUT2D eigenvalue weighted by Gasteiger charge is 2.49. The zero-order valence-corrected chi connectivity index (χ0v) is 15.8. The normalized spacial score (nSPS) is 24.6. The van der Waals surface area contributed by atoms with Gasteiger partial charge in [0, 0.05) is 24.3 Å². The second-order valence-electron chi connectivity index (χ2n) is 7.78. The SMILES string of the molecule is Cc1cccc(C(=O)N[C@H]2CCC[C@]3(CCN(c4cncc(F)c4)C3=O)C2)n1. The molecule has 2 aromatic rings. The number of nitrogens with one attached hydrogen (secondary N) is 1. The number of pyridine rings is 2. The van der Waals surface area contributed by atoms with Crippen molar-refractivity contribution in [3.8, 4) is 0 Å². The minimum atomic E-state index is -0.497. The summed E-state index contributed by atoms with van der Waals surface area (Å²) in [5.74, 6) is -0.652. The number of halogens is 1. The van der Waals surface area contributed by atoms with E-state index in [0.29, 0.717) is 30.8 Å². The number of aromatic nitrogens is 2. The van der Waals surface area contributed by atoms with E-state index in [0.717, 1.165) is 31.2 Å². The predicted octanol–water partition coefficient (Wildman–Crippen LogP) is 3.02. The fourth-order valence-electron chi connectivity index (χ4n) is 4.45. The van der Waals surface area contributed by atoms with Crippen molar-refractivity contribution in [2.24, 2.45) is 5.41 Å². The zero-order valence-electron chi connectivity index (χ0n) is 15.8. The molecule has 3 heterocycles. The molecule has 2 amide bonds. The number of rotatable bonds is 3. The molecule has 6 nitrogen and oxygen atoms in total. The Morgan fingerprint density at radius 1 is 1.32 bits per heavy atom. The lowest BCUT2D eigenvalue weighted by atomic mass is 9.71. The monoisotopic (exact) mass is 382 g/mol. The van der Waals surface area contributed by atoms with Crippen LogP contribution in [0.2, 0.25) is 0 Å². The summed E-state index contributed by atoms with van der Waals surface area (Å²) in [5, 5.41) is 3.05. The molecule has 0 aromatic carbocycles. The second kappa shape index (κ2) is 7.30. The van der Waals surface area contributed by atoms with E-state index in [2.05, 4.69) is 15.3 Å². The van der Waals surface area contributed by atoms with Crippen LogP contribution in [-0.2, 0) is 4.79 Å². The highest BCUT2D eigenvalue weighted by atomic mass is 19.1. The summed E-state index contributed by atoms with van der Waals surface area (Å²) < 4.78 is 13.5. The van der Waals surface area contributed by atoms with Crippen molar-refractivity contribution in [3.63, 3.8) is 0 Å². The lowest BCUT2D eigenvalue weighted by Crippen LogP contribution is -2.46. The van der Waals surface area contributed by atoms with Gasteiger partial charge in [-0.3, -0.25) is 14.6 Å². The van der Waals surface area contributed by atoms with Gasteiger partial charge in [-0.05, 0) is 44.7 Å². The van der Waals surface area contributed by atoms with Crippen LogP contribution < -0.4 is 10.2 Å². The Kier molecular flexibility index (Phi) is 4.83. The summed E-state index contributed by atoms with van der Waals surface area (Å²) in [7, 11) is 0. The van der Waals surface area contributed by atoms with Gasteiger partial charge in [0.05, 0.1) is 23.5 Å². The lowest BCUT2D eigenvalue weighted by Gasteiger charge is -2.36. The molecular weight excluding hydrogens is 359 g/mol. The van der Waals surface area contributed by atoms with Gasteiger partial charge < -0.3 is 10.2 Å². The van der Waals surface area contributed by atoms with E-state index < -0.39 is 11.2 Å². The molecule has 1 aliphatic heterocycles. The molecule has 2 aliphatic rings. The Labute approximate surface area is 163 Å². The highest BCUT2D eigenvalue weighted by molar-refractivity contribution is 6.00. The molecule has 1 N–H and O–H groups in total. The molecule has 1 saturated carbocycles. The number of hydrogen-bond acceptors (Lipinski definition) is 4. The minimum Gasteiger partial charge on any atom is -0.348 e. The Bertz CT molecular complexity index is 919. The van der Waals surface area contributed by atoms with E-state index in [1.54, 1.807) is 11.0 Å². The molecule has 7 heteroatoms. The molecule has 1 saturated heterocycles. The lowest BCUT2D eigenvalue weighted by molar-refractivity contribution is -0.127. The van der Waals surface area contributed by atoms with Gasteiger partial charge in [-0.25, -0.2) is 9.37 Å². The van der Waals surface area contributed by atoms with Crippen LogP contribution in [0, 0.1) is 18.2 Å². The van der Waals surface area contributed by atoms with Crippen LogP contribution in [-0.4, -0.2) is 34.4 Å². The van der Waals surface area contributed by atoms with Crippen molar-refractivity contribution >= 4 is 17.5 Å². The van der Waals surface area contributed by atoms with Gasteiger partial charge in [0.15, 0.2) is 0 Å². The van der Waals surface area contributed by atoms with Gasteiger partial charge in [-0.2, -0.15) is 0 Å². The van der Waals surface area contributed by atoms with E-state index >= 15 is 0 Å². The Balaban J connectivity index is 1.47. The number of carbonyl (C=O) groups is 2. The van der Waals surface area contributed by atoms with E-state index in [9.17, 15) is 14.0 Å². The van der Waals surface area contributed by atoms with Crippen LogP contribution in [0.15, 0.2) is 36.7 Å². The molecule has 0 bridgehead atoms. The summed E-state index contributed by atoms with van der Waals surface area (Å²) >= 11 is 0. The van der Waals surface area contributed by atoms with Crippen molar-refractivity contribution in [2.45, 2.75) is 45.1 Å². The molecular formula is C21H23FN4O2. The zero-order chi connectivity index (χ0) is 19.7. The van der Waals surface area contributed by atoms with Gasteiger partial charge in [-0.15, -0.1) is 0 Å². The first-order valence-electron chi connectivity index (χ1n) is 9.64. The van der Waals surface area contributed by atoms with E-state index in [4.69, 9.17) is 0 Å². The quantitative estimate of drug-likeness (QED) is 0.885.